The standard InChI is InChI=1S/C6H4F5NO3/c7-5(8)1-4(5,3(14)15)12-2(13)6(9,10)11/h1H2,(H,12,13)(H,14,15). The van der Waals surface area contributed by atoms with Crippen molar-refractivity contribution in [3.8, 4) is 0 Å². The van der Waals surface area contributed by atoms with E-state index in [9.17, 15) is 31.5 Å². The van der Waals surface area contributed by atoms with E-state index in [0.717, 1.165) is 5.32 Å². The van der Waals surface area contributed by atoms with Crippen LogP contribution >= 0.6 is 0 Å². The van der Waals surface area contributed by atoms with Gasteiger partial charge in [-0.05, 0) is 0 Å². The van der Waals surface area contributed by atoms with Crippen molar-refractivity contribution in [2.45, 2.75) is 24.1 Å². The van der Waals surface area contributed by atoms with Crippen LogP contribution in [0.15, 0.2) is 0 Å². The minimum absolute atomic E-state index is 0.784. The highest BCUT2D eigenvalue weighted by molar-refractivity contribution is 5.93. The molecule has 4 nitrogen and oxygen atoms in total. The number of nitrogens with one attached hydrogen (secondary N) is 1. The number of halogens is 5. The number of aliphatic carboxylic acids is 1. The van der Waals surface area contributed by atoms with E-state index < -0.39 is 35.9 Å². The molecular formula is C6H4F5NO3. The van der Waals surface area contributed by atoms with Gasteiger partial charge < -0.3 is 10.4 Å². The zero-order valence-electron chi connectivity index (χ0n) is 6.86. The fraction of sp³-hybridized carbons (Fsp3) is 0.667. The quantitative estimate of drug-likeness (QED) is 0.683. The fourth-order valence-corrected chi connectivity index (χ4v) is 0.975. The van der Waals surface area contributed by atoms with Gasteiger partial charge >= 0.3 is 18.1 Å². The summed E-state index contributed by atoms with van der Waals surface area (Å²) in [7, 11) is 0. The summed E-state index contributed by atoms with van der Waals surface area (Å²) in [6.45, 7) is 0. The van der Waals surface area contributed by atoms with Crippen LogP contribution in [0.25, 0.3) is 0 Å². The first-order valence-electron chi connectivity index (χ1n) is 3.53. The third-order valence-corrected chi connectivity index (χ3v) is 1.94. The van der Waals surface area contributed by atoms with Gasteiger partial charge in [0.2, 0.25) is 5.54 Å². The van der Waals surface area contributed by atoms with Crippen molar-refractivity contribution in [1.82, 2.24) is 5.32 Å². The molecule has 9 heteroatoms. The SMILES string of the molecule is O=C(NC1(C(=O)O)CC1(F)F)C(F)(F)F. The van der Waals surface area contributed by atoms with Crippen LogP contribution in [0.2, 0.25) is 0 Å². The summed E-state index contributed by atoms with van der Waals surface area (Å²) in [6.07, 6.45) is -6.72. The van der Waals surface area contributed by atoms with Gasteiger partial charge in [-0.1, -0.05) is 0 Å². The van der Waals surface area contributed by atoms with Crippen molar-refractivity contribution in [3.05, 3.63) is 0 Å². The Balaban J connectivity index is 2.82. The molecule has 1 amide bonds. The average molecular weight is 233 g/mol. The summed E-state index contributed by atoms with van der Waals surface area (Å²) >= 11 is 0. The van der Waals surface area contributed by atoms with Gasteiger partial charge in [0, 0.05) is 0 Å². The van der Waals surface area contributed by atoms with Gasteiger partial charge in [0.1, 0.15) is 0 Å². The Morgan fingerprint density at radius 2 is 1.67 bits per heavy atom. The molecule has 86 valence electrons. The lowest BCUT2D eigenvalue weighted by Crippen LogP contribution is -2.52. The summed E-state index contributed by atoms with van der Waals surface area (Å²) in [6, 6.07) is 0. The van der Waals surface area contributed by atoms with Gasteiger partial charge in [-0.3, -0.25) is 4.79 Å². The highest BCUT2D eigenvalue weighted by Crippen LogP contribution is 2.53. The second kappa shape index (κ2) is 2.80. The topological polar surface area (TPSA) is 66.4 Å². The molecule has 1 aliphatic rings. The zero-order chi connectivity index (χ0) is 12.1. The first-order chi connectivity index (χ1) is 6.53. The van der Waals surface area contributed by atoms with Gasteiger partial charge in [-0.15, -0.1) is 0 Å². The summed E-state index contributed by atoms with van der Waals surface area (Å²) in [5.74, 6) is -8.73. The molecule has 1 atom stereocenters. The Morgan fingerprint density at radius 3 is 1.87 bits per heavy atom. The number of carbonyl (C=O) groups is 2. The Labute approximate surface area is 79.1 Å². The van der Waals surface area contributed by atoms with Gasteiger partial charge in [0.05, 0.1) is 6.42 Å². The molecule has 0 aromatic carbocycles. The Hall–Kier alpha value is -1.41. The van der Waals surface area contributed by atoms with E-state index in [4.69, 9.17) is 5.11 Å². The predicted molar refractivity (Wildman–Crippen MR) is 34.1 cm³/mol. The molecule has 15 heavy (non-hydrogen) atoms. The second-order valence-electron chi connectivity index (χ2n) is 3.04. The first kappa shape index (κ1) is 11.7. The number of rotatable bonds is 2. The summed E-state index contributed by atoms with van der Waals surface area (Å²) in [4.78, 5) is 20.6. The van der Waals surface area contributed by atoms with Crippen molar-refractivity contribution in [2.24, 2.45) is 0 Å². The number of alkyl halides is 5. The van der Waals surface area contributed by atoms with E-state index in [2.05, 4.69) is 0 Å². The molecule has 1 aliphatic carbocycles. The first-order valence-corrected chi connectivity index (χ1v) is 3.53. The van der Waals surface area contributed by atoms with Crippen molar-refractivity contribution in [1.29, 1.82) is 0 Å². The predicted octanol–water partition coefficient (Wildman–Crippen LogP) is 0.527. The lowest BCUT2D eigenvalue weighted by atomic mass is 10.2. The normalized spacial score (nSPS) is 28.3. The maximum absolute atomic E-state index is 12.5. The largest absolute Gasteiger partial charge is 0.479 e. The Morgan fingerprint density at radius 1 is 1.27 bits per heavy atom. The molecular weight excluding hydrogens is 229 g/mol. The van der Waals surface area contributed by atoms with Crippen LogP contribution in [-0.4, -0.2) is 34.6 Å². The van der Waals surface area contributed by atoms with Crippen LogP contribution in [0.1, 0.15) is 6.42 Å². The van der Waals surface area contributed by atoms with Crippen LogP contribution in [-0.2, 0) is 9.59 Å². The molecule has 0 spiro atoms. The van der Waals surface area contributed by atoms with Crippen LogP contribution in [0, 0.1) is 0 Å². The number of amides is 1. The van der Waals surface area contributed by atoms with Crippen LogP contribution < -0.4 is 5.32 Å². The van der Waals surface area contributed by atoms with Gasteiger partial charge in [-0.2, -0.15) is 13.2 Å². The van der Waals surface area contributed by atoms with E-state index in [1.165, 1.54) is 0 Å². The third kappa shape index (κ3) is 1.73. The molecule has 1 unspecified atom stereocenters. The fourth-order valence-electron chi connectivity index (χ4n) is 0.975. The molecule has 1 rings (SSSR count). The Bertz CT molecular complexity index is 325. The Kier molecular flexibility index (Phi) is 2.17. The van der Waals surface area contributed by atoms with E-state index in [1.54, 1.807) is 0 Å². The maximum Gasteiger partial charge on any atom is 0.471 e. The van der Waals surface area contributed by atoms with Gasteiger partial charge in [0.15, 0.2) is 0 Å². The number of carboxylic acids is 1. The summed E-state index contributed by atoms with van der Waals surface area (Å²) in [5.41, 5.74) is -3.11. The van der Waals surface area contributed by atoms with Crippen molar-refractivity contribution < 1.29 is 36.6 Å². The highest BCUT2D eigenvalue weighted by atomic mass is 19.4. The molecule has 0 radical (unpaired) electrons. The van der Waals surface area contributed by atoms with Crippen LogP contribution in [0.4, 0.5) is 22.0 Å². The lowest BCUT2D eigenvalue weighted by molar-refractivity contribution is -0.177. The molecule has 0 heterocycles. The van der Waals surface area contributed by atoms with E-state index >= 15 is 0 Å². The van der Waals surface area contributed by atoms with E-state index in [1.807, 2.05) is 0 Å². The van der Waals surface area contributed by atoms with Gasteiger partial charge in [-0.25, -0.2) is 13.6 Å². The second-order valence-corrected chi connectivity index (χ2v) is 3.04. The number of hydrogen-bond acceptors (Lipinski definition) is 2. The molecule has 1 fully saturated rings. The average Bonchev–Trinajstić information content (AvgIpc) is 2.52. The molecule has 0 aromatic rings. The smallest absolute Gasteiger partial charge is 0.471 e. The monoisotopic (exact) mass is 233 g/mol. The number of carboxylic acid groups (broad SMARTS) is 1. The number of carbonyl (C=O) groups excluding carboxylic acids is 1. The third-order valence-electron chi connectivity index (χ3n) is 1.94. The number of hydrogen-bond donors (Lipinski definition) is 2. The molecule has 0 saturated heterocycles. The molecule has 0 bridgehead atoms. The highest BCUT2D eigenvalue weighted by Gasteiger charge is 2.78. The van der Waals surface area contributed by atoms with Gasteiger partial charge in [0.25, 0.3) is 5.92 Å². The minimum Gasteiger partial charge on any atom is -0.479 e. The van der Waals surface area contributed by atoms with Crippen molar-refractivity contribution in [2.75, 3.05) is 0 Å². The lowest BCUT2D eigenvalue weighted by Gasteiger charge is -2.14. The summed E-state index contributed by atoms with van der Waals surface area (Å²) in [5, 5.41) is 9.08. The molecule has 1 saturated carbocycles. The van der Waals surface area contributed by atoms with Crippen LogP contribution in [0.5, 0.6) is 0 Å². The minimum atomic E-state index is -5.39. The van der Waals surface area contributed by atoms with E-state index in [-0.39, 0.29) is 0 Å². The zero-order valence-corrected chi connectivity index (χ0v) is 6.86. The van der Waals surface area contributed by atoms with Crippen LogP contribution in [0.3, 0.4) is 0 Å². The van der Waals surface area contributed by atoms with Crippen molar-refractivity contribution >= 4 is 11.9 Å². The molecule has 0 aliphatic heterocycles. The van der Waals surface area contributed by atoms with Crippen molar-refractivity contribution in [3.63, 3.8) is 0 Å². The maximum atomic E-state index is 12.5. The van der Waals surface area contributed by atoms with E-state index in [0.29, 0.717) is 0 Å². The summed E-state index contributed by atoms with van der Waals surface area (Å²) < 4.78 is 60.0. The molecule has 2 N–H and O–H groups in total. The molecule has 0 aromatic heterocycles.